The van der Waals surface area contributed by atoms with Crippen molar-refractivity contribution < 1.29 is 33.0 Å². The largest absolute Gasteiger partial charge is 0.460 e. The summed E-state index contributed by atoms with van der Waals surface area (Å²) in [4.78, 5) is 39.3. The van der Waals surface area contributed by atoms with Gasteiger partial charge in [0.25, 0.3) is 5.56 Å². The van der Waals surface area contributed by atoms with Gasteiger partial charge in [-0.3, -0.25) is 23.7 Å². The van der Waals surface area contributed by atoms with Crippen molar-refractivity contribution in [3.63, 3.8) is 0 Å². The first-order valence-corrected chi connectivity index (χ1v) is 16.6. The van der Waals surface area contributed by atoms with Crippen molar-refractivity contribution in [1.29, 1.82) is 0 Å². The monoisotopic (exact) mass is 661 g/mol. The summed E-state index contributed by atoms with van der Waals surface area (Å²) in [6, 6.07) is 12.6. The van der Waals surface area contributed by atoms with Gasteiger partial charge < -0.3 is 19.1 Å². The summed E-state index contributed by atoms with van der Waals surface area (Å²) in [5.74, 6) is -0.503. The van der Waals surface area contributed by atoms with Crippen LogP contribution in [0.25, 0.3) is 0 Å². The van der Waals surface area contributed by atoms with Crippen molar-refractivity contribution in [2.45, 2.75) is 77.5 Å². The smallest absolute Gasteiger partial charge is 0.459 e. The maximum Gasteiger partial charge on any atom is 0.459 e. The molecule has 242 valence electrons. The maximum atomic E-state index is 14.4. The van der Waals surface area contributed by atoms with Gasteiger partial charge in [0, 0.05) is 22.7 Å². The van der Waals surface area contributed by atoms with Gasteiger partial charge >= 0.3 is 19.4 Å². The Morgan fingerprint density at radius 1 is 1.20 bits per heavy atom. The predicted molar refractivity (Wildman–Crippen MR) is 166 cm³/mol. The van der Waals surface area contributed by atoms with Crippen molar-refractivity contribution >= 4 is 25.3 Å². The summed E-state index contributed by atoms with van der Waals surface area (Å²) >= 11 is 6.37. The number of H-pyrrole nitrogens is 1. The third kappa shape index (κ3) is 7.27. The molecule has 5 rings (SSSR count). The molecular weight excluding hydrogens is 625 g/mol. The molecule has 2 aliphatic rings. The second-order valence-electron chi connectivity index (χ2n) is 11.8. The Balaban J connectivity index is 1.37. The molecule has 0 bridgehead atoms. The Labute approximate surface area is 265 Å². The minimum absolute atomic E-state index is 0.0152. The van der Waals surface area contributed by atoms with Crippen LogP contribution in [0.4, 0.5) is 0 Å². The lowest BCUT2D eigenvalue weighted by molar-refractivity contribution is -0.146. The van der Waals surface area contributed by atoms with E-state index in [1.54, 1.807) is 19.1 Å². The van der Waals surface area contributed by atoms with Crippen LogP contribution < -0.4 is 20.9 Å². The molecule has 1 saturated heterocycles. The fourth-order valence-corrected chi connectivity index (χ4v) is 7.09. The summed E-state index contributed by atoms with van der Waals surface area (Å²) in [7, 11) is -4.36. The van der Waals surface area contributed by atoms with Crippen molar-refractivity contribution in [3.05, 3.63) is 97.3 Å². The molecule has 2 aromatic carbocycles. The summed E-state index contributed by atoms with van der Waals surface area (Å²) in [5.41, 5.74) is 0.119. The molecule has 45 heavy (non-hydrogen) atoms. The third-order valence-electron chi connectivity index (χ3n) is 8.14. The Bertz CT molecular complexity index is 1710. The number of ether oxygens (including phenoxy) is 2. The Morgan fingerprint density at radius 3 is 2.56 bits per heavy atom. The van der Waals surface area contributed by atoms with Gasteiger partial charge in [-0.2, -0.15) is 5.09 Å². The van der Waals surface area contributed by atoms with E-state index in [1.165, 1.54) is 23.8 Å². The lowest BCUT2D eigenvalue weighted by Gasteiger charge is -2.26. The van der Waals surface area contributed by atoms with Crippen molar-refractivity contribution in [2.24, 2.45) is 5.41 Å². The normalized spacial score (nSPS) is 22.2. The van der Waals surface area contributed by atoms with Crippen LogP contribution >= 0.6 is 19.3 Å². The molecule has 2 heterocycles. The molecule has 0 radical (unpaired) electrons. The molecular formula is C31H37ClN3O9P. The molecule has 1 aromatic heterocycles. The summed E-state index contributed by atoms with van der Waals surface area (Å²) in [6.07, 6.45) is -0.508. The molecule has 5 atom stereocenters. The van der Waals surface area contributed by atoms with Crippen LogP contribution in [-0.4, -0.2) is 45.5 Å². The standard InChI is InChI=1S/C31H37ClN3O9P/c1-18(2)22-15-23(32)19(3)14-24(22)44-45(40,34-20(4)28(38)41-16-21-8-6-5-7-9-21)42-17-25-27(37)31(11-12-31)29(43-25)35-13-10-26(36)33-30(35)39/h5-10,13-15,18,20,25,27,29,37H,11-12,16-17H2,1-4H3,(H,34,40)(H,33,36,39)/t20-,25-,27-,29-,45?/m1/s1. The number of carbonyl (C=O) groups excluding carboxylic acids is 1. The molecule has 1 spiro atoms. The Morgan fingerprint density at radius 2 is 1.91 bits per heavy atom. The molecule has 1 saturated carbocycles. The number of esters is 1. The van der Waals surface area contributed by atoms with Crippen LogP contribution in [0.1, 0.15) is 62.4 Å². The minimum atomic E-state index is -4.36. The highest BCUT2D eigenvalue weighted by Crippen LogP contribution is 2.62. The number of hydrogen-bond acceptors (Lipinski definition) is 9. The van der Waals surface area contributed by atoms with E-state index >= 15 is 0 Å². The number of nitrogens with zero attached hydrogens (tertiary/aromatic N) is 1. The van der Waals surface area contributed by atoms with Crippen molar-refractivity contribution in [2.75, 3.05) is 6.61 Å². The molecule has 12 nitrogen and oxygen atoms in total. The number of aromatic amines is 1. The lowest BCUT2D eigenvalue weighted by Crippen LogP contribution is -2.37. The van der Waals surface area contributed by atoms with E-state index in [4.69, 9.17) is 30.1 Å². The highest BCUT2D eigenvalue weighted by Gasteiger charge is 2.64. The maximum absolute atomic E-state index is 14.4. The van der Waals surface area contributed by atoms with E-state index in [9.17, 15) is 24.1 Å². The Hall–Kier alpha value is -3.25. The van der Waals surface area contributed by atoms with Crippen LogP contribution in [-0.2, 0) is 30.0 Å². The Kier molecular flexibility index (Phi) is 9.74. The zero-order valence-electron chi connectivity index (χ0n) is 25.4. The lowest BCUT2D eigenvalue weighted by atomic mass is 9.96. The second kappa shape index (κ2) is 13.2. The zero-order chi connectivity index (χ0) is 32.5. The topological polar surface area (TPSA) is 158 Å². The molecule has 14 heteroatoms. The average Bonchev–Trinajstić information content (AvgIpc) is 3.75. The molecule has 1 aliphatic carbocycles. The van der Waals surface area contributed by atoms with Crippen molar-refractivity contribution in [1.82, 2.24) is 14.6 Å². The van der Waals surface area contributed by atoms with E-state index < -0.39 is 61.5 Å². The first kappa shape index (κ1) is 33.1. The first-order valence-electron chi connectivity index (χ1n) is 14.7. The quantitative estimate of drug-likeness (QED) is 0.185. The predicted octanol–water partition coefficient (Wildman–Crippen LogP) is 4.59. The fraction of sp³-hybridized carbons (Fsp3) is 0.452. The van der Waals surface area contributed by atoms with Crippen molar-refractivity contribution in [3.8, 4) is 5.75 Å². The number of aliphatic hydroxyl groups is 1. The SMILES string of the molecule is Cc1cc(OP(=O)(N[C@H](C)C(=O)OCc2ccccc2)OC[C@H]2O[C@@H](n3ccc(=O)[nH]c3=O)C3(CC3)[C@@H]2O)c(C(C)C)cc1Cl. The first-order chi connectivity index (χ1) is 21.3. The fourth-order valence-electron chi connectivity index (χ4n) is 5.40. The molecule has 2 fully saturated rings. The number of halogens is 1. The molecule has 1 aliphatic heterocycles. The number of aryl methyl sites for hydroxylation is 1. The number of hydrogen-bond donors (Lipinski definition) is 3. The number of carbonyl (C=O) groups is 1. The number of benzene rings is 2. The molecule has 1 unspecified atom stereocenters. The van der Waals surface area contributed by atoms with Crippen LogP contribution in [0.3, 0.4) is 0 Å². The summed E-state index contributed by atoms with van der Waals surface area (Å²) in [6.45, 7) is 6.71. The average molecular weight is 662 g/mol. The van der Waals surface area contributed by atoms with Crippen LogP contribution in [0, 0.1) is 12.3 Å². The number of aromatic nitrogens is 2. The van der Waals surface area contributed by atoms with Crippen LogP contribution in [0.5, 0.6) is 5.75 Å². The van der Waals surface area contributed by atoms with Crippen LogP contribution in [0.15, 0.2) is 64.3 Å². The van der Waals surface area contributed by atoms with Gasteiger partial charge in [-0.15, -0.1) is 0 Å². The highest BCUT2D eigenvalue weighted by molar-refractivity contribution is 7.52. The number of aliphatic hydroxyl groups excluding tert-OH is 1. The van der Waals surface area contributed by atoms with Gasteiger partial charge in [0.15, 0.2) is 0 Å². The molecule has 0 amide bonds. The van der Waals surface area contributed by atoms with Crippen LogP contribution in [0.2, 0.25) is 5.02 Å². The van der Waals surface area contributed by atoms with Gasteiger partial charge in [-0.05, 0) is 61.4 Å². The van der Waals surface area contributed by atoms with Gasteiger partial charge in [0.05, 0.1) is 12.7 Å². The minimum Gasteiger partial charge on any atom is -0.460 e. The van der Waals surface area contributed by atoms with E-state index in [-0.39, 0.29) is 18.3 Å². The van der Waals surface area contributed by atoms with Gasteiger partial charge in [-0.25, -0.2) is 9.36 Å². The van der Waals surface area contributed by atoms with E-state index in [0.717, 1.165) is 5.56 Å². The number of rotatable bonds is 12. The second-order valence-corrected chi connectivity index (χ2v) is 13.9. The van der Waals surface area contributed by atoms with Gasteiger partial charge in [-0.1, -0.05) is 55.8 Å². The van der Waals surface area contributed by atoms with E-state index in [2.05, 4.69) is 10.1 Å². The third-order valence-corrected chi connectivity index (χ3v) is 10.2. The zero-order valence-corrected chi connectivity index (χ0v) is 27.0. The molecule has 3 aromatic rings. The summed E-state index contributed by atoms with van der Waals surface area (Å²) in [5, 5.41) is 14.4. The van der Waals surface area contributed by atoms with Gasteiger partial charge in [0.1, 0.15) is 30.7 Å². The molecule has 3 N–H and O–H groups in total. The van der Waals surface area contributed by atoms with E-state index in [0.29, 0.717) is 29.0 Å². The number of nitrogens with one attached hydrogen (secondary N) is 2. The highest BCUT2D eigenvalue weighted by atomic mass is 35.5. The van der Waals surface area contributed by atoms with E-state index in [1.807, 2.05) is 44.2 Å². The summed E-state index contributed by atoms with van der Waals surface area (Å²) < 4.78 is 39.1. The van der Waals surface area contributed by atoms with Gasteiger partial charge in [0.2, 0.25) is 0 Å².